The maximum absolute atomic E-state index is 4.27. The minimum Gasteiger partial charge on any atom is -0.0984 e. The molecule has 0 radical (unpaired) electrons. The van der Waals surface area contributed by atoms with Gasteiger partial charge in [-0.25, -0.2) is 0 Å². The van der Waals surface area contributed by atoms with Crippen LogP contribution in [0.2, 0.25) is 0 Å². The largest absolute Gasteiger partial charge is 0.0984 e. The van der Waals surface area contributed by atoms with Crippen molar-refractivity contribution < 1.29 is 0 Å². The number of hydrogen-bond acceptors (Lipinski definition) is 0. The van der Waals surface area contributed by atoms with Crippen molar-refractivity contribution in [2.24, 2.45) is 0 Å². The molecule has 6 aromatic carbocycles. The maximum Gasteiger partial charge on any atom is -0.00264 e. The Balaban J connectivity index is 1.58. The molecule has 188 valence electrons. The Bertz CT molecular complexity index is 1840. The van der Waals surface area contributed by atoms with Crippen molar-refractivity contribution >= 4 is 46.9 Å². The van der Waals surface area contributed by atoms with Gasteiger partial charge in [-0.15, -0.1) is 0 Å². The van der Waals surface area contributed by atoms with Crippen LogP contribution in [0.3, 0.4) is 0 Å². The average Bonchev–Trinajstić information content (AvgIpc) is 2.99. The summed E-state index contributed by atoms with van der Waals surface area (Å²) in [6, 6.07) is 41.9. The lowest BCUT2D eigenvalue weighted by molar-refractivity contribution is 1.58. The predicted molar refractivity (Wildman–Crippen MR) is 176 cm³/mol. The molecule has 0 aliphatic heterocycles. The molecular formula is C38H31P. The standard InChI is InChI=1S/C38H31P/c1-5-33-34(6-2)38(31-21-20-30-25-32(39(3)4)23-22-29(30)24-31)36-15-11-10-14-35(36)37(33)28-18-16-27(17-19-28)26-12-8-7-9-13-26/h5-25H,1-2H2,3-4H3. The SMILES string of the molecule is C=Cc1c(C=C)c(-c2ccc3cc(P(C)C)ccc3c2)c2ccccc2c1-c1ccc(-c2ccccc2)cc1. The molecule has 0 aromatic heterocycles. The van der Waals surface area contributed by atoms with E-state index >= 15 is 0 Å². The Morgan fingerprint density at radius 2 is 0.974 bits per heavy atom. The molecule has 0 heterocycles. The van der Waals surface area contributed by atoms with E-state index in [1.54, 1.807) is 0 Å². The predicted octanol–water partition coefficient (Wildman–Crippen LogP) is 10.6. The summed E-state index contributed by atoms with van der Waals surface area (Å²) in [5.74, 6) is 0. The molecule has 0 N–H and O–H groups in total. The molecule has 6 rings (SSSR count). The van der Waals surface area contributed by atoms with Gasteiger partial charge in [-0.05, 0) is 96.8 Å². The van der Waals surface area contributed by atoms with E-state index in [9.17, 15) is 0 Å². The van der Waals surface area contributed by atoms with Gasteiger partial charge in [0, 0.05) is 0 Å². The van der Waals surface area contributed by atoms with Gasteiger partial charge in [-0.2, -0.15) is 0 Å². The highest BCUT2D eigenvalue weighted by atomic mass is 31.1. The van der Waals surface area contributed by atoms with Gasteiger partial charge in [0.15, 0.2) is 0 Å². The van der Waals surface area contributed by atoms with Crippen molar-refractivity contribution in [1.82, 2.24) is 0 Å². The molecule has 0 atom stereocenters. The van der Waals surface area contributed by atoms with Crippen LogP contribution in [0.25, 0.3) is 67.1 Å². The first-order valence-corrected chi connectivity index (χ1v) is 15.5. The van der Waals surface area contributed by atoms with E-state index in [2.05, 4.69) is 142 Å². The lowest BCUT2D eigenvalue weighted by Crippen LogP contribution is -1.98. The molecule has 0 nitrogen and oxygen atoms in total. The molecule has 0 spiro atoms. The Kier molecular flexibility index (Phi) is 6.74. The molecule has 39 heavy (non-hydrogen) atoms. The Morgan fingerprint density at radius 1 is 0.487 bits per heavy atom. The summed E-state index contributed by atoms with van der Waals surface area (Å²) >= 11 is 0. The third kappa shape index (κ3) is 4.52. The van der Waals surface area contributed by atoms with Crippen LogP contribution in [0.4, 0.5) is 0 Å². The zero-order valence-corrected chi connectivity index (χ0v) is 23.4. The third-order valence-corrected chi connectivity index (χ3v) is 8.92. The third-order valence-electron chi connectivity index (χ3n) is 7.61. The van der Waals surface area contributed by atoms with Gasteiger partial charge >= 0.3 is 0 Å². The van der Waals surface area contributed by atoms with Crippen molar-refractivity contribution in [3.05, 3.63) is 140 Å². The molecule has 6 aromatic rings. The summed E-state index contributed by atoms with van der Waals surface area (Å²) in [7, 11) is -0.124. The van der Waals surface area contributed by atoms with E-state index in [-0.39, 0.29) is 7.92 Å². The van der Waals surface area contributed by atoms with E-state index in [4.69, 9.17) is 0 Å². The van der Waals surface area contributed by atoms with E-state index in [1.165, 1.54) is 60.2 Å². The minimum absolute atomic E-state index is 0.124. The van der Waals surface area contributed by atoms with Crippen LogP contribution in [0.15, 0.2) is 128 Å². The van der Waals surface area contributed by atoms with E-state index in [0.29, 0.717) is 0 Å². The van der Waals surface area contributed by atoms with Crippen LogP contribution in [0.1, 0.15) is 11.1 Å². The molecule has 0 fully saturated rings. The van der Waals surface area contributed by atoms with Crippen LogP contribution in [0, 0.1) is 0 Å². The van der Waals surface area contributed by atoms with Crippen LogP contribution < -0.4 is 5.30 Å². The Morgan fingerprint density at radius 3 is 1.59 bits per heavy atom. The number of benzene rings is 6. The number of rotatable bonds is 6. The van der Waals surface area contributed by atoms with Gasteiger partial charge in [-0.1, -0.05) is 136 Å². The highest BCUT2D eigenvalue weighted by Gasteiger charge is 2.19. The summed E-state index contributed by atoms with van der Waals surface area (Å²) in [6.45, 7) is 13.1. The van der Waals surface area contributed by atoms with Crippen LogP contribution in [0.5, 0.6) is 0 Å². The van der Waals surface area contributed by atoms with Gasteiger partial charge in [0.05, 0.1) is 0 Å². The molecule has 0 bridgehead atoms. The van der Waals surface area contributed by atoms with Gasteiger partial charge in [0.1, 0.15) is 0 Å². The molecule has 0 aliphatic rings. The van der Waals surface area contributed by atoms with Gasteiger partial charge in [-0.3, -0.25) is 0 Å². The molecule has 0 unspecified atom stereocenters. The fourth-order valence-electron chi connectivity index (χ4n) is 5.65. The quantitative estimate of drug-likeness (QED) is 0.192. The van der Waals surface area contributed by atoms with Crippen molar-refractivity contribution in [1.29, 1.82) is 0 Å². The summed E-state index contributed by atoms with van der Waals surface area (Å²) in [6.07, 6.45) is 3.99. The van der Waals surface area contributed by atoms with Gasteiger partial charge in [0.2, 0.25) is 0 Å². The van der Waals surface area contributed by atoms with Crippen molar-refractivity contribution in [3.8, 4) is 33.4 Å². The summed E-state index contributed by atoms with van der Waals surface area (Å²) in [5.41, 5.74) is 9.45. The first-order chi connectivity index (χ1) is 19.1. The second-order valence-corrected chi connectivity index (χ2v) is 12.4. The molecule has 1 heteroatoms. The summed E-state index contributed by atoms with van der Waals surface area (Å²) < 4.78 is 0. The second-order valence-electron chi connectivity index (χ2n) is 10.1. The van der Waals surface area contributed by atoms with Crippen molar-refractivity contribution in [2.45, 2.75) is 0 Å². The van der Waals surface area contributed by atoms with Gasteiger partial charge < -0.3 is 0 Å². The monoisotopic (exact) mass is 518 g/mol. The van der Waals surface area contributed by atoms with Crippen molar-refractivity contribution in [3.63, 3.8) is 0 Å². The second kappa shape index (κ2) is 10.5. The van der Waals surface area contributed by atoms with E-state index in [0.717, 1.165) is 11.1 Å². The molecule has 0 amide bonds. The molecule has 0 aliphatic carbocycles. The van der Waals surface area contributed by atoms with E-state index in [1.807, 2.05) is 12.2 Å². The first kappa shape index (κ1) is 25.1. The zero-order valence-electron chi connectivity index (χ0n) is 22.5. The summed E-state index contributed by atoms with van der Waals surface area (Å²) in [5, 5.41) is 6.42. The number of hydrogen-bond donors (Lipinski definition) is 0. The topological polar surface area (TPSA) is 0 Å². The zero-order chi connectivity index (χ0) is 26.9. The maximum atomic E-state index is 4.27. The molecule has 0 saturated carbocycles. The highest BCUT2D eigenvalue weighted by Crippen LogP contribution is 2.44. The fraction of sp³-hybridized carbons (Fsp3) is 0.0526. The Labute approximate surface area is 232 Å². The smallest absolute Gasteiger partial charge is 0.00264 e. The fourth-order valence-corrected chi connectivity index (χ4v) is 6.42. The van der Waals surface area contributed by atoms with Crippen molar-refractivity contribution in [2.75, 3.05) is 13.3 Å². The van der Waals surface area contributed by atoms with Crippen LogP contribution in [-0.4, -0.2) is 13.3 Å². The molecular weight excluding hydrogens is 487 g/mol. The van der Waals surface area contributed by atoms with Crippen LogP contribution >= 0.6 is 7.92 Å². The normalized spacial score (nSPS) is 11.3. The molecule has 0 saturated heterocycles. The highest BCUT2D eigenvalue weighted by molar-refractivity contribution is 7.64. The lowest BCUT2D eigenvalue weighted by atomic mass is 9.83. The average molecular weight is 519 g/mol. The first-order valence-electron chi connectivity index (χ1n) is 13.3. The summed E-state index contributed by atoms with van der Waals surface area (Å²) in [4.78, 5) is 0. The van der Waals surface area contributed by atoms with Crippen LogP contribution in [-0.2, 0) is 0 Å². The Hall–Kier alpha value is -4.25. The van der Waals surface area contributed by atoms with Gasteiger partial charge in [0.25, 0.3) is 0 Å². The minimum atomic E-state index is -0.124. The lowest BCUT2D eigenvalue weighted by Gasteiger charge is -2.20. The van der Waals surface area contributed by atoms with E-state index < -0.39 is 0 Å². The number of fused-ring (bicyclic) bond motifs is 2.